The van der Waals surface area contributed by atoms with Crippen LogP contribution in [0.4, 0.5) is 8.78 Å². The molecule has 10 nitrogen and oxygen atoms in total. The molecule has 2 aromatic heterocycles. The molecule has 0 bridgehead atoms. The van der Waals surface area contributed by atoms with Crippen LogP contribution in [0.3, 0.4) is 0 Å². The molecule has 12 heteroatoms. The van der Waals surface area contributed by atoms with Crippen LogP contribution in [-0.4, -0.2) is 54.3 Å². The first kappa shape index (κ1) is 35.7. The van der Waals surface area contributed by atoms with Crippen molar-refractivity contribution in [1.29, 1.82) is 0 Å². The average molecular weight is 743 g/mol. The molecule has 8 rings (SSSR count). The summed E-state index contributed by atoms with van der Waals surface area (Å²) in [4.78, 5) is 31.7. The molecule has 2 unspecified atom stereocenters. The number of nitrogens with zero attached hydrogens (tertiary/aromatic N) is 6. The monoisotopic (exact) mass is 742 g/mol. The summed E-state index contributed by atoms with van der Waals surface area (Å²) in [5.74, 6) is 0.197. The van der Waals surface area contributed by atoms with Crippen LogP contribution in [0.2, 0.25) is 0 Å². The average Bonchev–Trinajstić information content (AvgIpc) is 3.84. The molecule has 0 radical (unpaired) electrons. The van der Waals surface area contributed by atoms with Crippen molar-refractivity contribution in [3.63, 3.8) is 0 Å². The summed E-state index contributed by atoms with van der Waals surface area (Å²) >= 11 is 0. The fourth-order valence-electron chi connectivity index (χ4n) is 7.58. The molecule has 2 amide bonds. The third kappa shape index (κ3) is 7.71. The predicted octanol–water partition coefficient (Wildman–Crippen LogP) is 7.56. The maximum atomic E-state index is 14.1. The molecule has 4 heterocycles. The van der Waals surface area contributed by atoms with Gasteiger partial charge < -0.3 is 19.3 Å². The first-order valence-electron chi connectivity index (χ1n) is 18.3. The molecule has 4 aromatic carbocycles. The molecule has 280 valence electrons. The number of fused-ring (bicyclic) bond motifs is 2. The second-order valence-electron chi connectivity index (χ2n) is 14.3. The molecular formula is C43H40F2N6O4. The number of para-hydroxylation sites is 2. The quantitative estimate of drug-likeness (QED) is 0.136. The molecule has 2 aliphatic heterocycles. The van der Waals surface area contributed by atoms with Gasteiger partial charge in [0.05, 0.1) is 36.1 Å². The number of halogens is 2. The van der Waals surface area contributed by atoms with Crippen LogP contribution in [0.1, 0.15) is 69.3 Å². The number of ether oxygens (including phenoxy) is 2. The summed E-state index contributed by atoms with van der Waals surface area (Å²) in [7, 11) is 0. The number of amides is 2. The summed E-state index contributed by atoms with van der Waals surface area (Å²) in [5, 5.41) is 9.89. The molecule has 2 atom stereocenters. The molecule has 0 saturated carbocycles. The van der Waals surface area contributed by atoms with Crippen LogP contribution in [0.5, 0.6) is 11.5 Å². The van der Waals surface area contributed by atoms with E-state index in [1.807, 2.05) is 87.1 Å². The van der Waals surface area contributed by atoms with Crippen molar-refractivity contribution in [1.82, 2.24) is 29.4 Å². The highest BCUT2D eigenvalue weighted by Gasteiger charge is 2.41. The Hall–Kier alpha value is -6.30. The second-order valence-corrected chi connectivity index (χ2v) is 14.3. The van der Waals surface area contributed by atoms with Crippen LogP contribution in [0, 0.1) is 11.6 Å². The Morgan fingerprint density at radius 1 is 0.727 bits per heavy atom. The van der Waals surface area contributed by atoms with Crippen LogP contribution < -0.4 is 9.47 Å². The van der Waals surface area contributed by atoms with Gasteiger partial charge in [-0.1, -0.05) is 36.4 Å². The minimum atomic E-state index is -0.708. The first-order valence-corrected chi connectivity index (χ1v) is 18.3. The van der Waals surface area contributed by atoms with Crippen molar-refractivity contribution < 1.29 is 27.8 Å². The number of rotatable bonds is 11. The number of benzene rings is 4. The summed E-state index contributed by atoms with van der Waals surface area (Å²) in [6, 6.07) is 33.8. The largest absolute Gasteiger partial charge is 0.487 e. The van der Waals surface area contributed by atoms with E-state index in [-0.39, 0.29) is 25.0 Å². The lowest BCUT2D eigenvalue weighted by molar-refractivity contribution is 0.0465. The number of hydrogen-bond donors (Lipinski definition) is 0. The highest BCUT2D eigenvalue weighted by molar-refractivity contribution is 5.95. The Kier molecular flexibility index (Phi) is 9.88. The fraction of sp³-hybridized carbons (Fsp3) is 0.256. The van der Waals surface area contributed by atoms with Crippen molar-refractivity contribution >= 4 is 11.8 Å². The van der Waals surface area contributed by atoms with Gasteiger partial charge in [-0.25, -0.2) is 8.78 Å². The third-order valence-corrected chi connectivity index (χ3v) is 10.3. The van der Waals surface area contributed by atoms with Gasteiger partial charge in [0.1, 0.15) is 47.7 Å². The molecular weight excluding hydrogens is 703 g/mol. The molecule has 2 aliphatic rings. The number of carbonyl (C=O) groups is 2. The Balaban J connectivity index is 1.11. The van der Waals surface area contributed by atoms with Crippen LogP contribution in [0.15, 0.2) is 121 Å². The molecule has 0 spiro atoms. The number of hydrogen-bond acceptors (Lipinski definition) is 6. The van der Waals surface area contributed by atoms with Gasteiger partial charge in [0.25, 0.3) is 11.8 Å². The molecule has 0 fully saturated rings. The lowest BCUT2D eigenvalue weighted by atomic mass is 9.88. The standard InChI is InChI=1S/C43H40F2N6O4/c1-43(29-48(41(52)30-12-16-32(44)17-13-30)26-36-24-34(47-51(36)43)27-54-37-8-4-2-5-9-37)21-20-39-40-25-35(28-55-38-10-6-3-7-11-38)46-50(40)23-22-49(39)42(53)31-14-18-33(45)19-15-31/h2-19,24-25,39H,20-23,26-29H2,1H3. The van der Waals surface area contributed by atoms with Gasteiger partial charge >= 0.3 is 0 Å². The van der Waals surface area contributed by atoms with Gasteiger partial charge in [0, 0.05) is 24.2 Å². The van der Waals surface area contributed by atoms with E-state index in [1.165, 1.54) is 48.5 Å². The van der Waals surface area contributed by atoms with Gasteiger partial charge in [0.15, 0.2) is 0 Å². The zero-order chi connectivity index (χ0) is 37.9. The van der Waals surface area contributed by atoms with Gasteiger partial charge in [0.2, 0.25) is 0 Å². The van der Waals surface area contributed by atoms with Gasteiger partial charge in [-0.2, -0.15) is 10.2 Å². The van der Waals surface area contributed by atoms with E-state index >= 15 is 0 Å². The predicted molar refractivity (Wildman–Crippen MR) is 200 cm³/mol. The van der Waals surface area contributed by atoms with Gasteiger partial charge in [-0.05, 0) is 105 Å². The Morgan fingerprint density at radius 2 is 1.29 bits per heavy atom. The molecule has 6 aromatic rings. The summed E-state index contributed by atoms with van der Waals surface area (Å²) in [6.45, 7) is 4.07. The topological polar surface area (TPSA) is 94.7 Å². The van der Waals surface area contributed by atoms with Crippen molar-refractivity contribution in [3.05, 3.63) is 167 Å². The third-order valence-electron chi connectivity index (χ3n) is 10.3. The molecule has 55 heavy (non-hydrogen) atoms. The zero-order valence-corrected chi connectivity index (χ0v) is 30.4. The van der Waals surface area contributed by atoms with Crippen molar-refractivity contribution in [2.45, 2.75) is 57.6 Å². The second kappa shape index (κ2) is 15.2. The molecule has 0 aliphatic carbocycles. The van der Waals surface area contributed by atoms with Crippen molar-refractivity contribution in [2.24, 2.45) is 0 Å². The number of aromatic nitrogens is 4. The lowest BCUT2D eigenvalue weighted by Crippen LogP contribution is -2.51. The minimum Gasteiger partial charge on any atom is -0.487 e. The lowest BCUT2D eigenvalue weighted by Gasteiger charge is -2.43. The van der Waals surface area contributed by atoms with Crippen molar-refractivity contribution in [2.75, 3.05) is 13.1 Å². The van der Waals surface area contributed by atoms with E-state index in [1.54, 1.807) is 4.90 Å². The van der Waals surface area contributed by atoms with Gasteiger partial charge in [-0.15, -0.1) is 0 Å². The van der Waals surface area contributed by atoms with Crippen LogP contribution in [-0.2, 0) is 31.8 Å². The van der Waals surface area contributed by atoms with Gasteiger partial charge in [-0.3, -0.25) is 19.0 Å². The van der Waals surface area contributed by atoms with E-state index < -0.39 is 23.2 Å². The summed E-state index contributed by atoms with van der Waals surface area (Å²) in [5.41, 5.74) is 3.23. The van der Waals surface area contributed by atoms with E-state index in [9.17, 15) is 18.4 Å². The van der Waals surface area contributed by atoms with E-state index in [0.29, 0.717) is 55.8 Å². The summed E-state index contributed by atoms with van der Waals surface area (Å²) < 4.78 is 43.7. The Bertz CT molecular complexity index is 2280. The molecule has 0 saturated heterocycles. The fourth-order valence-corrected chi connectivity index (χ4v) is 7.58. The highest BCUT2D eigenvalue weighted by Crippen LogP contribution is 2.38. The summed E-state index contributed by atoms with van der Waals surface area (Å²) in [6.07, 6.45) is 1.02. The maximum Gasteiger partial charge on any atom is 0.254 e. The molecule has 0 N–H and O–H groups in total. The Labute approximate surface area is 317 Å². The van der Waals surface area contributed by atoms with Crippen LogP contribution in [0.25, 0.3) is 0 Å². The highest BCUT2D eigenvalue weighted by atomic mass is 19.1. The van der Waals surface area contributed by atoms with Crippen molar-refractivity contribution in [3.8, 4) is 11.5 Å². The minimum absolute atomic E-state index is 0.207. The SMILES string of the molecule is CC1(CCC2c3cc(COc4ccccc4)nn3CCN2C(=O)c2ccc(F)cc2)CN(C(=O)c2ccc(F)cc2)Cc2cc(COc3ccccc3)nn21. The van der Waals surface area contributed by atoms with E-state index in [2.05, 4.69) is 6.92 Å². The number of carbonyl (C=O) groups excluding carboxylic acids is 2. The normalized spacial score (nSPS) is 17.7. The Morgan fingerprint density at radius 3 is 1.89 bits per heavy atom. The zero-order valence-electron chi connectivity index (χ0n) is 30.4. The van der Waals surface area contributed by atoms with E-state index in [4.69, 9.17) is 19.7 Å². The maximum absolute atomic E-state index is 14.1. The smallest absolute Gasteiger partial charge is 0.254 e. The van der Waals surface area contributed by atoms with E-state index in [0.717, 1.165) is 28.6 Å². The first-order chi connectivity index (χ1) is 26.7. The van der Waals surface area contributed by atoms with Crippen LogP contribution >= 0.6 is 0 Å².